The molecule has 4 rings (SSSR count). The number of nitrogens with zero attached hydrogens (tertiary/aromatic N) is 6. The fraction of sp³-hybridized carbons (Fsp3) is 0.231. The van der Waals surface area contributed by atoms with Crippen LogP contribution in [0.1, 0.15) is 0 Å². The van der Waals surface area contributed by atoms with E-state index in [1.54, 1.807) is 42.4 Å². The topological polar surface area (TPSA) is 100 Å². The van der Waals surface area contributed by atoms with Crippen molar-refractivity contribution in [1.82, 2.24) is 24.6 Å². The van der Waals surface area contributed by atoms with Gasteiger partial charge in [0.25, 0.3) is 0 Å². The molecule has 4 aromatic rings. The van der Waals surface area contributed by atoms with Crippen LogP contribution in [0.25, 0.3) is 16.7 Å². The largest absolute Gasteiger partial charge is 0.494 e. The molecule has 0 fully saturated rings. The van der Waals surface area contributed by atoms with Gasteiger partial charge in [-0.2, -0.15) is 10.1 Å². The number of carbonyl (C=O) groups excluding carboxylic acids is 1. The normalized spacial score (nSPS) is 11.0. The maximum Gasteiger partial charge on any atom is 0.247 e. The number of carbonyl (C=O) groups is 1. The minimum absolute atomic E-state index is 0.277. The van der Waals surface area contributed by atoms with Crippen molar-refractivity contribution in [3.05, 3.63) is 67.3 Å². The molecule has 0 saturated heterocycles. The zero-order chi connectivity index (χ0) is 26.5. The molecule has 192 valence electrons. The van der Waals surface area contributed by atoms with Crippen molar-refractivity contribution >= 4 is 40.0 Å². The molecule has 2 N–H and O–H groups in total. The molecule has 2 aromatic heterocycles. The molecule has 0 bridgehead atoms. The minimum atomic E-state index is -0.372. The van der Waals surface area contributed by atoms with Gasteiger partial charge in [-0.3, -0.25) is 4.79 Å². The number of hydrogen-bond donors (Lipinski definition) is 2. The second-order valence-corrected chi connectivity index (χ2v) is 8.62. The fourth-order valence-electron chi connectivity index (χ4n) is 3.70. The lowest BCUT2D eigenvalue weighted by molar-refractivity contribution is -0.111. The van der Waals surface area contributed by atoms with Crippen molar-refractivity contribution in [1.29, 1.82) is 0 Å². The smallest absolute Gasteiger partial charge is 0.247 e. The molecular weight excluding hydrogens is 475 g/mol. The highest BCUT2D eigenvalue weighted by atomic mass is 19.1. The average Bonchev–Trinajstić information content (AvgIpc) is 3.30. The summed E-state index contributed by atoms with van der Waals surface area (Å²) < 4.78 is 21.0. The predicted octanol–water partition coefficient (Wildman–Crippen LogP) is 3.83. The van der Waals surface area contributed by atoms with Crippen LogP contribution in [0.4, 0.5) is 27.4 Å². The van der Waals surface area contributed by atoms with E-state index in [9.17, 15) is 9.18 Å². The summed E-state index contributed by atoms with van der Waals surface area (Å²) in [6.07, 6.45) is 4.46. The van der Waals surface area contributed by atoms with Crippen LogP contribution in [-0.4, -0.2) is 71.9 Å². The minimum Gasteiger partial charge on any atom is -0.494 e. The van der Waals surface area contributed by atoms with Gasteiger partial charge in [-0.1, -0.05) is 12.6 Å². The first kappa shape index (κ1) is 25.6. The molecule has 1 amide bonds. The Balaban J connectivity index is 1.72. The Morgan fingerprint density at radius 2 is 1.97 bits per heavy atom. The van der Waals surface area contributed by atoms with Gasteiger partial charge in [0.2, 0.25) is 11.9 Å². The van der Waals surface area contributed by atoms with Crippen molar-refractivity contribution in [2.24, 2.45) is 0 Å². The number of anilines is 4. The number of likely N-dealkylation sites (N-methyl/N-ethyl adjacent to an activating group) is 2. The van der Waals surface area contributed by atoms with E-state index in [0.717, 1.165) is 18.8 Å². The molecule has 37 heavy (non-hydrogen) atoms. The Bertz CT molecular complexity index is 1440. The number of aromatic nitrogens is 4. The quantitative estimate of drug-likeness (QED) is 0.315. The number of nitrogens with one attached hydrogen (secondary N) is 2. The Hall–Kier alpha value is -4.51. The highest BCUT2D eigenvalue weighted by molar-refractivity contribution is 6.02. The number of rotatable bonds is 10. The number of methoxy groups -OCH3 is 1. The van der Waals surface area contributed by atoms with Gasteiger partial charge in [-0.25, -0.2) is 14.1 Å². The van der Waals surface area contributed by atoms with Crippen LogP contribution in [0.2, 0.25) is 0 Å². The van der Waals surface area contributed by atoms with E-state index in [4.69, 9.17) is 4.74 Å². The van der Waals surface area contributed by atoms with Crippen LogP contribution in [-0.2, 0) is 4.79 Å². The summed E-state index contributed by atoms with van der Waals surface area (Å²) in [7, 11) is 7.51. The van der Waals surface area contributed by atoms with Crippen LogP contribution >= 0.6 is 0 Å². The summed E-state index contributed by atoms with van der Waals surface area (Å²) in [5, 5.41) is 11.1. The number of ether oxygens (including phenoxy) is 1. The monoisotopic (exact) mass is 504 g/mol. The molecule has 10 nitrogen and oxygen atoms in total. The van der Waals surface area contributed by atoms with Crippen LogP contribution in [0.5, 0.6) is 5.75 Å². The van der Waals surface area contributed by atoms with Crippen LogP contribution < -0.4 is 20.3 Å². The average molecular weight is 505 g/mol. The summed E-state index contributed by atoms with van der Waals surface area (Å²) in [6, 6.07) is 9.71. The SMILES string of the molecule is C=CC(=O)Nc1cc(Nc2ncc3cnn(-c4cccc(F)c4)c3n2)c(OC)cc1N(C)CCN(C)C. The number of hydrogen-bond acceptors (Lipinski definition) is 8. The molecule has 0 aliphatic rings. The third kappa shape index (κ3) is 5.84. The van der Waals surface area contributed by atoms with E-state index in [0.29, 0.717) is 33.8 Å². The molecule has 2 heterocycles. The van der Waals surface area contributed by atoms with Crippen molar-refractivity contribution < 1.29 is 13.9 Å². The summed E-state index contributed by atoms with van der Waals surface area (Å²) in [5.41, 5.74) is 2.93. The third-order valence-corrected chi connectivity index (χ3v) is 5.66. The maximum atomic E-state index is 13.8. The van der Waals surface area contributed by atoms with Crippen molar-refractivity contribution in [3.8, 4) is 11.4 Å². The number of amides is 1. The molecule has 0 unspecified atom stereocenters. The molecule has 0 radical (unpaired) electrons. The number of benzene rings is 2. The van der Waals surface area contributed by atoms with Gasteiger partial charge in [0.15, 0.2) is 5.65 Å². The Morgan fingerprint density at radius 1 is 1.16 bits per heavy atom. The van der Waals surface area contributed by atoms with E-state index < -0.39 is 0 Å². The fourth-order valence-corrected chi connectivity index (χ4v) is 3.70. The van der Waals surface area contributed by atoms with Crippen molar-refractivity contribution in [3.63, 3.8) is 0 Å². The zero-order valence-electron chi connectivity index (χ0n) is 21.2. The molecule has 11 heteroatoms. The van der Waals surface area contributed by atoms with Gasteiger partial charge in [0.05, 0.1) is 41.4 Å². The molecular formula is C26H29FN8O2. The predicted molar refractivity (Wildman–Crippen MR) is 144 cm³/mol. The lowest BCUT2D eigenvalue weighted by Gasteiger charge is -2.25. The van der Waals surface area contributed by atoms with Crippen LogP contribution in [0.15, 0.2) is 61.4 Å². The number of halogens is 1. The second-order valence-electron chi connectivity index (χ2n) is 8.62. The Labute approximate surface area is 214 Å². The summed E-state index contributed by atoms with van der Waals surface area (Å²) in [6.45, 7) is 5.10. The highest BCUT2D eigenvalue weighted by Gasteiger charge is 2.17. The van der Waals surface area contributed by atoms with Gasteiger partial charge in [-0.15, -0.1) is 0 Å². The van der Waals surface area contributed by atoms with E-state index in [1.807, 2.05) is 32.1 Å². The maximum absolute atomic E-state index is 13.8. The van der Waals surface area contributed by atoms with Gasteiger partial charge >= 0.3 is 0 Å². The lowest BCUT2D eigenvalue weighted by Crippen LogP contribution is -2.29. The Morgan fingerprint density at radius 3 is 2.68 bits per heavy atom. The summed E-state index contributed by atoms with van der Waals surface area (Å²) in [4.78, 5) is 25.3. The van der Waals surface area contributed by atoms with E-state index in [2.05, 4.69) is 37.2 Å². The molecule has 0 aliphatic heterocycles. The van der Waals surface area contributed by atoms with Gasteiger partial charge in [0.1, 0.15) is 11.6 Å². The zero-order valence-corrected chi connectivity index (χ0v) is 21.2. The van der Waals surface area contributed by atoms with Crippen LogP contribution in [0.3, 0.4) is 0 Å². The number of fused-ring (bicyclic) bond motifs is 1. The van der Waals surface area contributed by atoms with E-state index >= 15 is 0 Å². The molecule has 2 aromatic carbocycles. The Kier molecular flexibility index (Phi) is 7.63. The summed E-state index contributed by atoms with van der Waals surface area (Å²) >= 11 is 0. The second kappa shape index (κ2) is 11.0. The first-order valence-corrected chi connectivity index (χ1v) is 11.5. The summed E-state index contributed by atoms with van der Waals surface area (Å²) in [5.74, 6) is 0.0994. The standard InChI is InChI=1S/C26H29FN8O2/c1-6-24(36)30-20-13-21(23(37-5)14-22(20)34(4)11-10-33(2)3)31-26-28-15-17-16-29-35(25(17)32-26)19-9-7-8-18(27)12-19/h6-9,12-16H,1,10-11H2,2-5H3,(H,30,36)(H,28,31,32). The third-order valence-electron chi connectivity index (χ3n) is 5.66. The molecule has 0 aliphatic carbocycles. The van der Waals surface area contributed by atoms with Crippen molar-refractivity contribution in [2.45, 2.75) is 0 Å². The molecule has 0 saturated carbocycles. The molecule has 0 spiro atoms. The van der Waals surface area contributed by atoms with Crippen LogP contribution in [0, 0.1) is 5.82 Å². The van der Waals surface area contributed by atoms with Gasteiger partial charge in [0, 0.05) is 32.4 Å². The molecule has 0 atom stereocenters. The first-order chi connectivity index (χ1) is 17.8. The lowest BCUT2D eigenvalue weighted by atomic mass is 10.2. The van der Waals surface area contributed by atoms with E-state index in [1.165, 1.54) is 18.2 Å². The van der Waals surface area contributed by atoms with Crippen molar-refractivity contribution in [2.75, 3.05) is 56.9 Å². The highest BCUT2D eigenvalue weighted by Crippen LogP contribution is 2.38. The van der Waals surface area contributed by atoms with E-state index in [-0.39, 0.29) is 17.7 Å². The van der Waals surface area contributed by atoms with Gasteiger partial charge in [-0.05, 0) is 44.4 Å². The first-order valence-electron chi connectivity index (χ1n) is 11.5. The van der Waals surface area contributed by atoms with Gasteiger partial charge < -0.3 is 25.2 Å².